The van der Waals surface area contributed by atoms with Crippen LogP contribution in [0.25, 0.3) is 0 Å². The number of aryl methyl sites for hydroxylation is 1. The highest BCUT2D eigenvalue weighted by atomic mass is 32.2. The second-order valence-corrected chi connectivity index (χ2v) is 7.44. The Morgan fingerprint density at radius 2 is 2.13 bits per heavy atom. The summed E-state index contributed by atoms with van der Waals surface area (Å²) in [4.78, 5) is 2.64. The minimum atomic E-state index is -0.321. The van der Waals surface area contributed by atoms with Crippen molar-refractivity contribution in [3.8, 4) is 0 Å². The first-order chi connectivity index (χ1) is 6.98. The van der Waals surface area contributed by atoms with Crippen molar-refractivity contribution in [1.29, 1.82) is 0 Å². The van der Waals surface area contributed by atoms with Crippen LogP contribution in [-0.2, 0) is 12.2 Å². The summed E-state index contributed by atoms with van der Waals surface area (Å²) in [5.74, 6) is 2.36. The average Bonchev–Trinajstić information content (AvgIpc) is 2.58. The van der Waals surface area contributed by atoms with Crippen LogP contribution in [0.15, 0.2) is 6.07 Å². The van der Waals surface area contributed by atoms with Crippen LogP contribution in [0.5, 0.6) is 0 Å². The van der Waals surface area contributed by atoms with E-state index in [1.165, 1.54) is 22.6 Å². The van der Waals surface area contributed by atoms with E-state index in [0.29, 0.717) is 0 Å². The molecular weight excluding hydrogens is 224 g/mol. The summed E-state index contributed by atoms with van der Waals surface area (Å²) in [7, 11) is 0. The molecule has 1 aromatic rings. The fourth-order valence-electron chi connectivity index (χ4n) is 1.73. The molecule has 0 aliphatic carbocycles. The lowest BCUT2D eigenvalue weighted by molar-refractivity contribution is 0.0658. The van der Waals surface area contributed by atoms with E-state index in [1.54, 1.807) is 11.3 Å². The molecule has 0 radical (unpaired) electrons. The quantitative estimate of drug-likeness (QED) is 0.811. The minimum Gasteiger partial charge on any atom is -0.387 e. The molecule has 1 aliphatic heterocycles. The van der Waals surface area contributed by atoms with Crippen LogP contribution in [-0.4, -0.2) is 10.9 Å². The van der Waals surface area contributed by atoms with Crippen molar-refractivity contribution in [2.24, 2.45) is 5.41 Å². The largest absolute Gasteiger partial charge is 0.387 e. The van der Waals surface area contributed by atoms with Gasteiger partial charge in [0.25, 0.3) is 0 Å². The summed E-state index contributed by atoms with van der Waals surface area (Å²) in [5, 5.41) is 10.2. The maximum atomic E-state index is 10.2. The van der Waals surface area contributed by atoms with Crippen LogP contribution < -0.4 is 0 Å². The molecule has 2 heterocycles. The van der Waals surface area contributed by atoms with Crippen molar-refractivity contribution in [2.45, 2.75) is 39.0 Å². The summed E-state index contributed by atoms with van der Waals surface area (Å²) in [6.45, 7) is 6.27. The number of hydrogen-bond acceptors (Lipinski definition) is 3. The molecule has 1 nitrogen and oxygen atoms in total. The Bertz CT molecular complexity index is 325. The maximum Gasteiger partial charge on any atom is 0.0930 e. The Labute approximate surface area is 99.9 Å². The first-order valence-electron chi connectivity index (χ1n) is 5.36. The van der Waals surface area contributed by atoms with Gasteiger partial charge in [-0.1, -0.05) is 20.8 Å². The van der Waals surface area contributed by atoms with Crippen LogP contribution >= 0.6 is 23.1 Å². The van der Waals surface area contributed by atoms with Crippen LogP contribution in [0, 0.1) is 5.41 Å². The van der Waals surface area contributed by atoms with Gasteiger partial charge in [-0.25, -0.2) is 0 Å². The zero-order valence-corrected chi connectivity index (χ0v) is 11.2. The fraction of sp³-hybridized carbons (Fsp3) is 0.667. The Hall–Kier alpha value is 0.01000. The zero-order valence-electron chi connectivity index (χ0n) is 9.54. The standard InChI is InChI=1S/C12H18OS2/c1-12(2,3)11(13)10-6-8-7-14-5-4-9(8)15-10/h6,11,13H,4-5,7H2,1-3H3. The summed E-state index contributed by atoms with van der Waals surface area (Å²) in [6.07, 6.45) is 0.861. The Kier molecular flexibility index (Phi) is 3.15. The second kappa shape index (κ2) is 4.11. The van der Waals surface area contributed by atoms with Gasteiger partial charge in [0.05, 0.1) is 6.10 Å². The molecule has 1 aromatic heterocycles. The van der Waals surface area contributed by atoms with E-state index >= 15 is 0 Å². The predicted molar refractivity (Wildman–Crippen MR) is 68.6 cm³/mol. The third-order valence-electron chi connectivity index (χ3n) is 2.74. The summed E-state index contributed by atoms with van der Waals surface area (Å²) in [6, 6.07) is 2.21. The van der Waals surface area contributed by atoms with E-state index in [2.05, 4.69) is 26.8 Å². The van der Waals surface area contributed by atoms with Crippen molar-refractivity contribution in [2.75, 3.05) is 5.75 Å². The molecule has 3 heteroatoms. The SMILES string of the molecule is CC(C)(C)C(O)c1cc2c(s1)CCSC2. The van der Waals surface area contributed by atoms with Gasteiger partial charge in [0.2, 0.25) is 0 Å². The molecule has 0 spiro atoms. The van der Waals surface area contributed by atoms with E-state index in [1.807, 2.05) is 11.8 Å². The van der Waals surface area contributed by atoms with Gasteiger partial charge < -0.3 is 5.11 Å². The van der Waals surface area contributed by atoms with Crippen molar-refractivity contribution >= 4 is 23.1 Å². The molecule has 0 saturated carbocycles. The molecule has 0 amide bonds. The normalized spacial score (nSPS) is 18.7. The van der Waals surface area contributed by atoms with Gasteiger partial charge >= 0.3 is 0 Å². The van der Waals surface area contributed by atoms with Crippen molar-refractivity contribution in [3.05, 3.63) is 21.4 Å². The summed E-state index contributed by atoms with van der Waals surface area (Å²) >= 11 is 3.80. The Balaban J connectivity index is 2.26. The molecule has 0 fully saturated rings. The van der Waals surface area contributed by atoms with Crippen LogP contribution in [0.4, 0.5) is 0 Å². The van der Waals surface area contributed by atoms with E-state index in [9.17, 15) is 5.11 Å². The highest BCUT2D eigenvalue weighted by Gasteiger charge is 2.27. The van der Waals surface area contributed by atoms with E-state index in [-0.39, 0.29) is 11.5 Å². The van der Waals surface area contributed by atoms with Gasteiger partial charge in [0.15, 0.2) is 0 Å². The van der Waals surface area contributed by atoms with E-state index < -0.39 is 0 Å². The number of rotatable bonds is 1. The molecule has 84 valence electrons. The van der Waals surface area contributed by atoms with Gasteiger partial charge in [-0.2, -0.15) is 11.8 Å². The number of thiophene rings is 1. The molecule has 1 unspecified atom stereocenters. The van der Waals surface area contributed by atoms with E-state index in [0.717, 1.165) is 10.6 Å². The second-order valence-electron chi connectivity index (χ2n) is 5.17. The fourth-order valence-corrected chi connectivity index (χ4v) is 4.34. The van der Waals surface area contributed by atoms with Gasteiger partial charge in [-0.3, -0.25) is 0 Å². The van der Waals surface area contributed by atoms with Crippen molar-refractivity contribution in [1.82, 2.24) is 0 Å². The lowest BCUT2D eigenvalue weighted by Crippen LogP contribution is -2.16. The smallest absolute Gasteiger partial charge is 0.0930 e. The first kappa shape index (κ1) is 11.5. The molecule has 2 rings (SSSR count). The third kappa shape index (κ3) is 2.40. The number of hydrogen-bond donors (Lipinski definition) is 1. The average molecular weight is 242 g/mol. The molecular formula is C12H18OS2. The van der Waals surface area contributed by atoms with Crippen LogP contribution in [0.3, 0.4) is 0 Å². The number of thioether (sulfide) groups is 1. The molecule has 0 saturated heterocycles. The topological polar surface area (TPSA) is 20.2 Å². The predicted octanol–water partition coefficient (Wildman–Crippen LogP) is 3.62. The lowest BCUT2D eigenvalue weighted by atomic mass is 9.88. The van der Waals surface area contributed by atoms with Crippen molar-refractivity contribution < 1.29 is 5.11 Å². The number of aliphatic hydroxyl groups is 1. The molecule has 1 N–H and O–H groups in total. The molecule has 15 heavy (non-hydrogen) atoms. The van der Waals surface area contributed by atoms with Gasteiger partial charge in [0, 0.05) is 15.5 Å². The zero-order chi connectivity index (χ0) is 11.1. The Morgan fingerprint density at radius 1 is 1.40 bits per heavy atom. The molecule has 1 aliphatic rings. The molecule has 0 bridgehead atoms. The highest BCUT2D eigenvalue weighted by molar-refractivity contribution is 7.98. The highest BCUT2D eigenvalue weighted by Crippen LogP contribution is 2.40. The Morgan fingerprint density at radius 3 is 2.73 bits per heavy atom. The van der Waals surface area contributed by atoms with Gasteiger partial charge in [0.1, 0.15) is 0 Å². The van der Waals surface area contributed by atoms with Gasteiger partial charge in [-0.15, -0.1) is 11.3 Å². The third-order valence-corrected chi connectivity index (χ3v) is 5.03. The summed E-state index contributed by atoms with van der Waals surface area (Å²) in [5.41, 5.74) is 1.40. The van der Waals surface area contributed by atoms with Crippen molar-refractivity contribution in [3.63, 3.8) is 0 Å². The first-order valence-corrected chi connectivity index (χ1v) is 7.33. The molecule has 0 aromatic carbocycles. The molecule has 1 atom stereocenters. The maximum absolute atomic E-state index is 10.2. The van der Waals surface area contributed by atoms with Crippen LogP contribution in [0.2, 0.25) is 0 Å². The summed E-state index contributed by atoms with van der Waals surface area (Å²) < 4.78 is 0. The number of fused-ring (bicyclic) bond motifs is 1. The number of aliphatic hydroxyl groups excluding tert-OH is 1. The van der Waals surface area contributed by atoms with Gasteiger partial charge in [-0.05, 0) is 29.2 Å². The monoisotopic (exact) mass is 242 g/mol. The van der Waals surface area contributed by atoms with E-state index in [4.69, 9.17) is 0 Å². The lowest BCUT2D eigenvalue weighted by Gasteiger charge is -2.24. The minimum absolute atomic E-state index is 0.0550. The van der Waals surface area contributed by atoms with Crippen LogP contribution in [0.1, 0.15) is 42.2 Å².